The second kappa shape index (κ2) is 11.1. The van der Waals surface area contributed by atoms with Gasteiger partial charge in [0.2, 0.25) is 11.7 Å². The molecule has 0 spiro atoms. The van der Waals surface area contributed by atoms with E-state index in [4.69, 9.17) is 23.7 Å². The minimum absolute atomic E-state index is 0.0965. The molecule has 0 saturated carbocycles. The average molecular weight is 494 g/mol. The van der Waals surface area contributed by atoms with E-state index in [0.29, 0.717) is 28.6 Å². The third-order valence-electron chi connectivity index (χ3n) is 5.96. The summed E-state index contributed by atoms with van der Waals surface area (Å²) >= 11 is 0. The molecule has 1 aliphatic rings. The second-order valence-electron chi connectivity index (χ2n) is 8.21. The van der Waals surface area contributed by atoms with Crippen LogP contribution in [0.5, 0.6) is 17.2 Å². The van der Waals surface area contributed by atoms with Gasteiger partial charge in [-0.25, -0.2) is 4.39 Å². The number of fused-ring (bicyclic) bond motifs is 1. The Morgan fingerprint density at radius 1 is 1.11 bits per heavy atom. The summed E-state index contributed by atoms with van der Waals surface area (Å²) in [7, 11) is 3.05. The van der Waals surface area contributed by atoms with Crippen LogP contribution in [0.3, 0.4) is 0 Å². The van der Waals surface area contributed by atoms with Crippen molar-refractivity contribution < 1.29 is 32.9 Å². The molecule has 0 fully saturated rings. The van der Waals surface area contributed by atoms with Gasteiger partial charge in [0, 0.05) is 0 Å². The number of nitrogens with one attached hydrogen (secondary N) is 1. The minimum Gasteiger partial charge on any atom is -0.493 e. The van der Waals surface area contributed by atoms with Crippen LogP contribution in [-0.2, 0) is 11.3 Å². The van der Waals surface area contributed by atoms with E-state index < -0.39 is 0 Å². The Hall–Kier alpha value is -4.04. The van der Waals surface area contributed by atoms with Crippen molar-refractivity contribution in [1.82, 2.24) is 5.32 Å². The number of hydrogen-bond donors (Lipinski definition) is 2. The lowest BCUT2D eigenvalue weighted by atomic mass is 10.00. The summed E-state index contributed by atoms with van der Waals surface area (Å²) in [4.78, 5) is 12.7. The molecule has 8 heteroatoms. The second-order valence-corrected chi connectivity index (χ2v) is 8.21. The van der Waals surface area contributed by atoms with E-state index in [1.807, 2.05) is 13.0 Å². The van der Waals surface area contributed by atoms with Gasteiger partial charge >= 0.3 is 0 Å². The predicted octanol–water partition coefficient (Wildman–Crippen LogP) is 4.84. The number of methoxy groups -OCH3 is 2. The maximum atomic E-state index is 14.2. The third-order valence-corrected chi connectivity index (χ3v) is 5.96. The fourth-order valence-corrected chi connectivity index (χ4v) is 4.24. The van der Waals surface area contributed by atoms with E-state index in [9.17, 15) is 9.18 Å². The Bertz CT molecular complexity index is 1280. The standard InChI is InChI=1S/C28H28FNO6/c1-17-22(11-18-12-25(33-2)28(36-10-8-31)26(13-18)34-3)21-7-6-19(29)14-24(21)23(17)15-27(32)30-16-20-5-4-9-35-20/h4-7,9,11-14,31H,8,10,15-16H2,1-3H3,(H,30,32)/b22-11-. The van der Waals surface area contributed by atoms with Gasteiger partial charge in [-0.15, -0.1) is 0 Å². The van der Waals surface area contributed by atoms with Gasteiger partial charge in [-0.05, 0) is 82.8 Å². The number of carbonyl (C=O) groups excluding carboxylic acids is 1. The quantitative estimate of drug-likeness (QED) is 0.420. The topological polar surface area (TPSA) is 90.2 Å². The van der Waals surface area contributed by atoms with Crippen LogP contribution in [0.25, 0.3) is 17.2 Å². The van der Waals surface area contributed by atoms with Crippen LogP contribution in [0, 0.1) is 5.82 Å². The number of rotatable bonds is 10. The van der Waals surface area contributed by atoms with Crippen molar-refractivity contribution in [2.75, 3.05) is 27.4 Å². The van der Waals surface area contributed by atoms with Gasteiger partial charge in [-0.2, -0.15) is 0 Å². The molecule has 4 rings (SSSR count). The Morgan fingerprint density at radius 2 is 1.86 bits per heavy atom. The van der Waals surface area contributed by atoms with Gasteiger partial charge in [0.25, 0.3) is 0 Å². The van der Waals surface area contributed by atoms with E-state index in [1.54, 1.807) is 36.6 Å². The van der Waals surface area contributed by atoms with Crippen molar-refractivity contribution in [3.63, 3.8) is 0 Å². The molecule has 1 heterocycles. The molecule has 3 aromatic rings. The van der Waals surface area contributed by atoms with Crippen molar-refractivity contribution in [2.24, 2.45) is 0 Å². The van der Waals surface area contributed by atoms with Gasteiger partial charge in [-0.1, -0.05) is 6.07 Å². The smallest absolute Gasteiger partial charge is 0.224 e. The largest absolute Gasteiger partial charge is 0.493 e. The normalized spacial score (nSPS) is 13.6. The van der Waals surface area contributed by atoms with Crippen molar-refractivity contribution in [1.29, 1.82) is 0 Å². The molecule has 1 aliphatic carbocycles. The van der Waals surface area contributed by atoms with E-state index in [2.05, 4.69) is 5.32 Å². The summed E-state index contributed by atoms with van der Waals surface area (Å²) in [5.41, 5.74) is 4.80. The number of aliphatic hydroxyl groups excluding tert-OH is 1. The molecule has 0 radical (unpaired) electrons. The highest BCUT2D eigenvalue weighted by Crippen LogP contribution is 2.45. The summed E-state index contributed by atoms with van der Waals surface area (Å²) in [6.07, 6.45) is 3.60. The number of hydrogen-bond acceptors (Lipinski definition) is 6. The van der Waals surface area contributed by atoms with Crippen molar-refractivity contribution in [3.05, 3.63) is 82.6 Å². The number of carbonyl (C=O) groups is 1. The maximum absolute atomic E-state index is 14.2. The van der Waals surface area contributed by atoms with E-state index in [0.717, 1.165) is 27.8 Å². The Morgan fingerprint density at radius 3 is 2.50 bits per heavy atom. The molecule has 0 aliphatic heterocycles. The van der Waals surface area contributed by atoms with E-state index >= 15 is 0 Å². The molecule has 2 N–H and O–H groups in total. The van der Waals surface area contributed by atoms with Gasteiger partial charge < -0.3 is 29.1 Å². The highest BCUT2D eigenvalue weighted by Gasteiger charge is 2.26. The zero-order chi connectivity index (χ0) is 25.7. The molecule has 1 aromatic heterocycles. The minimum atomic E-state index is -0.370. The molecule has 7 nitrogen and oxygen atoms in total. The first-order chi connectivity index (χ1) is 17.4. The number of amides is 1. The maximum Gasteiger partial charge on any atom is 0.224 e. The van der Waals surface area contributed by atoms with Crippen molar-refractivity contribution >= 4 is 23.1 Å². The lowest BCUT2D eigenvalue weighted by Gasteiger charge is -2.15. The first kappa shape index (κ1) is 25.1. The van der Waals surface area contributed by atoms with Crippen molar-refractivity contribution in [3.8, 4) is 17.2 Å². The van der Waals surface area contributed by atoms with Crippen molar-refractivity contribution in [2.45, 2.75) is 19.9 Å². The van der Waals surface area contributed by atoms with E-state index in [1.165, 1.54) is 26.4 Å². The van der Waals surface area contributed by atoms with Crippen LogP contribution >= 0.6 is 0 Å². The molecule has 36 heavy (non-hydrogen) atoms. The number of aliphatic hydroxyl groups is 1. The van der Waals surface area contributed by atoms with Crippen LogP contribution in [-0.4, -0.2) is 38.4 Å². The molecule has 188 valence electrons. The summed E-state index contributed by atoms with van der Waals surface area (Å²) < 4.78 is 36.1. The van der Waals surface area contributed by atoms with Crippen LogP contribution < -0.4 is 19.5 Å². The monoisotopic (exact) mass is 493 g/mol. The van der Waals surface area contributed by atoms with Gasteiger partial charge in [-0.3, -0.25) is 4.79 Å². The molecular formula is C28H28FNO6. The number of benzene rings is 2. The molecule has 1 amide bonds. The number of allylic oxidation sites excluding steroid dienone is 2. The molecular weight excluding hydrogens is 465 g/mol. The molecule has 0 bridgehead atoms. The van der Waals surface area contributed by atoms with Gasteiger partial charge in [0.1, 0.15) is 18.2 Å². The Balaban J connectivity index is 1.69. The summed E-state index contributed by atoms with van der Waals surface area (Å²) in [5.74, 6) is 1.39. The van der Waals surface area contributed by atoms with Crippen LogP contribution in [0.2, 0.25) is 0 Å². The third kappa shape index (κ3) is 5.28. The lowest BCUT2D eigenvalue weighted by molar-refractivity contribution is -0.120. The summed E-state index contributed by atoms with van der Waals surface area (Å²) in [5, 5.41) is 12.0. The first-order valence-corrected chi connectivity index (χ1v) is 11.5. The Labute approximate surface area is 208 Å². The SMILES string of the molecule is COc1cc(/C=C2/C(C)=C(CC(=O)NCc3ccco3)c3cc(F)ccc32)cc(OC)c1OCCO. The molecule has 0 unspecified atom stereocenters. The fourth-order valence-electron chi connectivity index (χ4n) is 4.24. The summed E-state index contributed by atoms with van der Waals surface area (Å²) in [6.45, 7) is 2.15. The van der Waals surface area contributed by atoms with Gasteiger partial charge in [0.05, 0.1) is 40.1 Å². The van der Waals surface area contributed by atoms with Gasteiger partial charge in [0.15, 0.2) is 11.5 Å². The number of furan rings is 1. The van der Waals surface area contributed by atoms with E-state index in [-0.39, 0.29) is 37.9 Å². The molecule has 0 atom stereocenters. The number of ether oxygens (including phenoxy) is 3. The fraction of sp³-hybridized carbons (Fsp3) is 0.250. The van der Waals surface area contributed by atoms with Crippen LogP contribution in [0.15, 0.2) is 58.7 Å². The predicted molar refractivity (Wildman–Crippen MR) is 134 cm³/mol. The summed E-state index contributed by atoms with van der Waals surface area (Å²) in [6, 6.07) is 11.7. The first-order valence-electron chi connectivity index (χ1n) is 11.5. The Kier molecular flexibility index (Phi) is 7.75. The highest BCUT2D eigenvalue weighted by atomic mass is 19.1. The van der Waals surface area contributed by atoms with Crippen LogP contribution in [0.1, 0.15) is 35.8 Å². The van der Waals surface area contributed by atoms with Crippen LogP contribution in [0.4, 0.5) is 4.39 Å². The highest BCUT2D eigenvalue weighted by molar-refractivity contribution is 6.08. The lowest BCUT2D eigenvalue weighted by Crippen LogP contribution is -2.22. The number of halogens is 1. The zero-order valence-electron chi connectivity index (χ0n) is 20.4. The zero-order valence-corrected chi connectivity index (χ0v) is 20.4. The molecule has 2 aromatic carbocycles. The average Bonchev–Trinajstić information content (AvgIpc) is 3.49. The molecule has 0 saturated heterocycles.